The van der Waals surface area contributed by atoms with Crippen molar-refractivity contribution < 1.29 is 0 Å². The molecule has 1 saturated heterocycles. The molecule has 2 heterocycles. The highest BCUT2D eigenvalue weighted by molar-refractivity contribution is 7.80. The molecule has 0 unspecified atom stereocenters. The maximum Gasteiger partial charge on any atom is 0.169 e. The highest BCUT2D eigenvalue weighted by Crippen LogP contribution is 2.30. The first kappa shape index (κ1) is 16.3. The Hall–Kier alpha value is -1.07. The number of aromatic nitrogens is 1. The van der Waals surface area contributed by atoms with E-state index in [1.807, 2.05) is 0 Å². The third-order valence-electron chi connectivity index (χ3n) is 4.17. The largest absolute Gasteiger partial charge is 0.361 e. The molecule has 0 amide bonds. The molecule has 0 aliphatic carbocycles. The fourth-order valence-corrected chi connectivity index (χ4v) is 3.29. The van der Waals surface area contributed by atoms with Crippen LogP contribution >= 0.6 is 12.2 Å². The first-order valence-electron chi connectivity index (χ1n) is 7.90. The first-order chi connectivity index (χ1) is 10.1. The molecule has 1 N–H and O–H groups in total. The Bertz CT molecular complexity index is 455. The van der Waals surface area contributed by atoms with Crippen LogP contribution < -0.4 is 5.32 Å². The lowest BCUT2D eigenvalue weighted by Crippen LogP contribution is -2.44. The third kappa shape index (κ3) is 4.45. The van der Waals surface area contributed by atoms with Crippen molar-refractivity contribution >= 4 is 17.3 Å². The van der Waals surface area contributed by atoms with Gasteiger partial charge in [-0.05, 0) is 51.3 Å². The van der Waals surface area contributed by atoms with E-state index in [4.69, 9.17) is 12.2 Å². The number of aryl methyl sites for hydroxylation is 1. The minimum absolute atomic E-state index is 0.409. The van der Waals surface area contributed by atoms with Crippen molar-refractivity contribution in [2.75, 3.05) is 33.7 Å². The van der Waals surface area contributed by atoms with Crippen molar-refractivity contribution in [3.8, 4) is 0 Å². The Morgan fingerprint density at radius 3 is 2.86 bits per heavy atom. The number of hydrogen-bond acceptors (Lipinski definition) is 2. The monoisotopic (exact) mass is 308 g/mol. The maximum atomic E-state index is 5.67. The minimum atomic E-state index is 0.409. The molecule has 1 fully saturated rings. The van der Waals surface area contributed by atoms with E-state index < -0.39 is 0 Å². The average molecular weight is 308 g/mol. The summed E-state index contributed by atoms with van der Waals surface area (Å²) < 4.78 is 2.23. The van der Waals surface area contributed by atoms with Crippen LogP contribution in [0.15, 0.2) is 18.3 Å². The van der Waals surface area contributed by atoms with Crippen LogP contribution in [0, 0.1) is 0 Å². The summed E-state index contributed by atoms with van der Waals surface area (Å²) >= 11 is 5.67. The Morgan fingerprint density at radius 1 is 1.38 bits per heavy atom. The molecule has 118 valence electrons. The molecular formula is C16H28N4S. The third-order valence-corrected chi connectivity index (χ3v) is 4.55. The van der Waals surface area contributed by atoms with Crippen LogP contribution in [-0.2, 0) is 7.05 Å². The van der Waals surface area contributed by atoms with Crippen LogP contribution in [-0.4, -0.2) is 53.2 Å². The maximum absolute atomic E-state index is 5.67. The molecule has 1 atom stereocenters. The van der Waals surface area contributed by atoms with Gasteiger partial charge in [-0.15, -0.1) is 0 Å². The van der Waals surface area contributed by atoms with Gasteiger partial charge in [0.05, 0.1) is 6.04 Å². The van der Waals surface area contributed by atoms with Gasteiger partial charge in [-0.1, -0.05) is 12.8 Å². The second-order valence-corrected chi connectivity index (χ2v) is 6.52. The summed E-state index contributed by atoms with van der Waals surface area (Å²) in [4.78, 5) is 4.57. The molecule has 1 aromatic heterocycles. The van der Waals surface area contributed by atoms with E-state index in [1.54, 1.807) is 0 Å². The van der Waals surface area contributed by atoms with Gasteiger partial charge >= 0.3 is 0 Å². The highest BCUT2D eigenvalue weighted by atomic mass is 32.1. The molecule has 0 spiro atoms. The van der Waals surface area contributed by atoms with E-state index in [1.165, 1.54) is 31.4 Å². The van der Waals surface area contributed by atoms with Crippen molar-refractivity contribution in [3.63, 3.8) is 0 Å². The summed E-state index contributed by atoms with van der Waals surface area (Å²) in [5.41, 5.74) is 1.37. The SMILES string of the molecule is CN(C)CCNC(=S)N1CCCCC[C@@H]1c1cccn1C. The predicted octanol–water partition coefficient (Wildman–Crippen LogP) is 2.38. The number of nitrogens with one attached hydrogen (secondary N) is 1. The number of rotatable bonds is 4. The van der Waals surface area contributed by atoms with Gasteiger partial charge in [0.1, 0.15) is 0 Å². The van der Waals surface area contributed by atoms with Crippen molar-refractivity contribution in [2.45, 2.75) is 31.7 Å². The van der Waals surface area contributed by atoms with Crippen LogP contribution in [0.4, 0.5) is 0 Å². The van der Waals surface area contributed by atoms with E-state index in [9.17, 15) is 0 Å². The second kappa shape index (κ2) is 7.80. The smallest absolute Gasteiger partial charge is 0.169 e. The lowest BCUT2D eigenvalue weighted by atomic mass is 10.1. The average Bonchev–Trinajstić information content (AvgIpc) is 2.72. The molecule has 0 saturated carbocycles. The summed E-state index contributed by atoms with van der Waals surface area (Å²) in [6, 6.07) is 4.76. The Balaban J connectivity index is 2.05. The fourth-order valence-electron chi connectivity index (χ4n) is 2.97. The lowest BCUT2D eigenvalue weighted by molar-refractivity contribution is 0.304. The van der Waals surface area contributed by atoms with E-state index in [2.05, 4.69) is 59.2 Å². The van der Waals surface area contributed by atoms with Crippen LogP contribution in [0.5, 0.6) is 0 Å². The van der Waals surface area contributed by atoms with Crippen LogP contribution in [0.2, 0.25) is 0 Å². The van der Waals surface area contributed by atoms with Gasteiger partial charge in [0, 0.05) is 38.6 Å². The second-order valence-electron chi connectivity index (χ2n) is 6.14. The molecule has 0 aromatic carbocycles. The molecule has 1 aromatic rings. The van der Waals surface area contributed by atoms with Gasteiger partial charge in [0.25, 0.3) is 0 Å². The molecule has 21 heavy (non-hydrogen) atoms. The summed E-state index contributed by atoms with van der Waals surface area (Å²) in [5.74, 6) is 0. The molecule has 5 heteroatoms. The first-order valence-corrected chi connectivity index (χ1v) is 8.31. The summed E-state index contributed by atoms with van der Waals surface area (Å²) in [7, 11) is 6.30. The fraction of sp³-hybridized carbons (Fsp3) is 0.688. The summed E-state index contributed by atoms with van der Waals surface area (Å²) in [6.07, 6.45) is 7.13. The molecular weight excluding hydrogens is 280 g/mol. The number of thiocarbonyl (C=S) groups is 1. The van der Waals surface area contributed by atoms with Gasteiger partial charge in [0.2, 0.25) is 0 Å². The minimum Gasteiger partial charge on any atom is -0.361 e. The molecule has 1 aliphatic heterocycles. The molecule has 0 radical (unpaired) electrons. The van der Waals surface area contributed by atoms with E-state index in [-0.39, 0.29) is 0 Å². The van der Waals surface area contributed by atoms with Crippen molar-refractivity contribution in [1.29, 1.82) is 0 Å². The van der Waals surface area contributed by atoms with Crippen LogP contribution in [0.25, 0.3) is 0 Å². The molecule has 4 nitrogen and oxygen atoms in total. The zero-order valence-corrected chi connectivity index (χ0v) is 14.3. The molecule has 0 bridgehead atoms. The molecule has 1 aliphatic rings. The zero-order chi connectivity index (χ0) is 15.2. The predicted molar refractivity (Wildman–Crippen MR) is 92.5 cm³/mol. The highest BCUT2D eigenvalue weighted by Gasteiger charge is 2.26. The normalized spacial score (nSPS) is 19.6. The van der Waals surface area contributed by atoms with E-state index in [0.717, 1.165) is 24.7 Å². The topological polar surface area (TPSA) is 23.4 Å². The summed E-state index contributed by atoms with van der Waals surface area (Å²) in [6.45, 7) is 2.97. The van der Waals surface area contributed by atoms with Gasteiger partial charge < -0.3 is 19.7 Å². The van der Waals surface area contributed by atoms with E-state index >= 15 is 0 Å². The van der Waals surface area contributed by atoms with E-state index in [0.29, 0.717) is 6.04 Å². The van der Waals surface area contributed by atoms with Gasteiger partial charge in [-0.25, -0.2) is 0 Å². The summed E-state index contributed by atoms with van der Waals surface area (Å²) in [5, 5.41) is 4.34. The zero-order valence-electron chi connectivity index (χ0n) is 13.5. The quantitative estimate of drug-likeness (QED) is 0.863. The van der Waals surface area contributed by atoms with Crippen molar-refractivity contribution in [3.05, 3.63) is 24.0 Å². The van der Waals surface area contributed by atoms with Gasteiger partial charge in [-0.3, -0.25) is 0 Å². The number of likely N-dealkylation sites (tertiary alicyclic amines) is 1. The van der Waals surface area contributed by atoms with Crippen LogP contribution in [0.3, 0.4) is 0 Å². The Kier molecular flexibility index (Phi) is 6.06. The number of nitrogens with zero attached hydrogens (tertiary/aromatic N) is 3. The van der Waals surface area contributed by atoms with Crippen molar-refractivity contribution in [1.82, 2.24) is 19.7 Å². The Morgan fingerprint density at radius 2 is 2.19 bits per heavy atom. The van der Waals surface area contributed by atoms with Crippen molar-refractivity contribution in [2.24, 2.45) is 7.05 Å². The Labute approximate surface area is 134 Å². The van der Waals surface area contributed by atoms with Crippen LogP contribution in [0.1, 0.15) is 37.4 Å². The lowest BCUT2D eigenvalue weighted by Gasteiger charge is -2.33. The molecule has 2 rings (SSSR count). The van der Waals surface area contributed by atoms with Gasteiger partial charge in [-0.2, -0.15) is 0 Å². The van der Waals surface area contributed by atoms with Gasteiger partial charge in [0.15, 0.2) is 5.11 Å². The number of likely N-dealkylation sites (N-methyl/N-ethyl adjacent to an activating group) is 1. The number of hydrogen-bond donors (Lipinski definition) is 1. The standard InChI is InChI=1S/C16H28N4S/c1-18(2)13-10-17-16(21)20-12-6-4-5-8-15(20)14-9-7-11-19(14)3/h7,9,11,15H,4-6,8,10,12-13H2,1-3H3,(H,17,21)/t15-/m1/s1.